The highest BCUT2D eigenvalue weighted by Gasteiger charge is 2.41. The zero-order valence-corrected chi connectivity index (χ0v) is 21.4. The molecule has 1 unspecified atom stereocenters. The minimum atomic E-state index is -3.92. The summed E-state index contributed by atoms with van der Waals surface area (Å²) in [7, 11) is 0.0256. The number of fused-ring (bicyclic) bond motifs is 1. The van der Waals surface area contributed by atoms with Crippen LogP contribution in [0.25, 0.3) is 0 Å². The highest BCUT2D eigenvalue weighted by Crippen LogP contribution is 2.41. The lowest BCUT2D eigenvalue weighted by Gasteiger charge is -2.36. The second kappa shape index (κ2) is 9.95. The summed E-state index contributed by atoms with van der Waals surface area (Å²) in [4.78, 5) is 17.9. The summed E-state index contributed by atoms with van der Waals surface area (Å²) < 4.78 is 34.9. The van der Waals surface area contributed by atoms with E-state index in [1.807, 2.05) is 60.5 Å². The Labute approximate surface area is 212 Å². The molecule has 0 aromatic heterocycles. The molecule has 36 heavy (non-hydrogen) atoms. The Hall–Kier alpha value is -3.36. The van der Waals surface area contributed by atoms with Gasteiger partial charge >= 0.3 is 0 Å². The van der Waals surface area contributed by atoms with Gasteiger partial charge in [0.1, 0.15) is 11.5 Å². The van der Waals surface area contributed by atoms with Crippen LogP contribution in [0.1, 0.15) is 24.3 Å². The molecule has 3 aromatic rings. The standard InChI is InChI=1S/C28H31N3O4S/c1-29-17-15-21(16-18-29)30(2)28(32)26-20-31(27-14-7-6-13-25(26)27)36(33,34)24-12-8-11-23(19-24)35-22-9-4-3-5-10-22/h3-14,19,21,26H,15-18,20H2,1-2H3. The van der Waals surface area contributed by atoms with E-state index in [1.165, 1.54) is 10.4 Å². The normalized spacial score (nSPS) is 18.6. The molecule has 5 rings (SSSR count). The summed E-state index contributed by atoms with van der Waals surface area (Å²) in [5.41, 5.74) is 1.31. The Morgan fingerprint density at radius 3 is 2.33 bits per heavy atom. The first-order chi connectivity index (χ1) is 17.3. The van der Waals surface area contributed by atoms with Gasteiger partial charge in [-0.3, -0.25) is 9.10 Å². The van der Waals surface area contributed by atoms with Gasteiger partial charge in [-0.2, -0.15) is 0 Å². The third-order valence-electron chi connectivity index (χ3n) is 7.18. The maximum atomic E-state index is 13.8. The maximum absolute atomic E-state index is 13.8. The van der Waals surface area contributed by atoms with Crippen molar-refractivity contribution in [2.75, 3.05) is 38.0 Å². The predicted molar refractivity (Wildman–Crippen MR) is 140 cm³/mol. The number of piperidine rings is 1. The largest absolute Gasteiger partial charge is 0.457 e. The lowest BCUT2D eigenvalue weighted by molar-refractivity contribution is -0.134. The Morgan fingerprint density at radius 2 is 1.58 bits per heavy atom. The summed E-state index contributed by atoms with van der Waals surface area (Å²) in [5, 5.41) is 0. The molecule has 0 N–H and O–H groups in total. The van der Waals surface area contributed by atoms with Crippen LogP contribution in [0.15, 0.2) is 83.8 Å². The first-order valence-electron chi connectivity index (χ1n) is 12.2. The fourth-order valence-electron chi connectivity index (χ4n) is 5.07. The minimum absolute atomic E-state index is 0.0316. The number of hydrogen-bond donors (Lipinski definition) is 0. The molecule has 1 amide bonds. The third-order valence-corrected chi connectivity index (χ3v) is 8.96. The van der Waals surface area contributed by atoms with Crippen molar-refractivity contribution < 1.29 is 17.9 Å². The van der Waals surface area contributed by atoms with E-state index in [1.54, 1.807) is 24.3 Å². The predicted octanol–water partition coefficient (Wildman–Crippen LogP) is 4.32. The molecule has 7 nitrogen and oxygen atoms in total. The summed E-state index contributed by atoms with van der Waals surface area (Å²) >= 11 is 0. The molecule has 1 fully saturated rings. The molecular weight excluding hydrogens is 474 g/mol. The van der Waals surface area contributed by atoms with Crippen molar-refractivity contribution in [2.45, 2.75) is 29.7 Å². The van der Waals surface area contributed by atoms with Crippen molar-refractivity contribution in [2.24, 2.45) is 0 Å². The Bertz CT molecular complexity index is 1340. The molecule has 0 spiro atoms. The number of likely N-dealkylation sites (N-methyl/N-ethyl adjacent to an activating group) is 1. The van der Waals surface area contributed by atoms with Crippen molar-refractivity contribution in [1.82, 2.24) is 9.80 Å². The number of benzene rings is 3. The van der Waals surface area contributed by atoms with E-state index in [-0.39, 0.29) is 23.4 Å². The fourth-order valence-corrected chi connectivity index (χ4v) is 6.61. The van der Waals surface area contributed by atoms with Crippen LogP contribution >= 0.6 is 0 Å². The van der Waals surface area contributed by atoms with Crippen LogP contribution in [0.5, 0.6) is 11.5 Å². The molecule has 188 valence electrons. The highest BCUT2D eigenvalue weighted by atomic mass is 32.2. The van der Waals surface area contributed by atoms with Gasteiger partial charge in [0.2, 0.25) is 5.91 Å². The number of carbonyl (C=O) groups excluding carboxylic acids is 1. The number of sulfonamides is 1. The zero-order valence-electron chi connectivity index (χ0n) is 20.6. The van der Waals surface area contributed by atoms with Crippen LogP contribution < -0.4 is 9.04 Å². The fraction of sp³-hybridized carbons (Fsp3) is 0.321. The number of hydrogen-bond acceptors (Lipinski definition) is 5. The van der Waals surface area contributed by atoms with Crippen molar-refractivity contribution in [3.05, 3.63) is 84.4 Å². The van der Waals surface area contributed by atoms with Gasteiger partial charge in [-0.05, 0) is 68.9 Å². The SMILES string of the molecule is CN1CCC(N(C)C(=O)C2CN(S(=O)(=O)c3cccc(Oc4ccccc4)c3)c3ccccc32)CC1. The van der Waals surface area contributed by atoms with E-state index in [9.17, 15) is 13.2 Å². The molecule has 2 heterocycles. The van der Waals surface area contributed by atoms with Gasteiger partial charge in [0.15, 0.2) is 0 Å². The molecule has 2 aliphatic heterocycles. The minimum Gasteiger partial charge on any atom is -0.457 e. The highest BCUT2D eigenvalue weighted by molar-refractivity contribution is 7.92. The van der Waals surface area contributed by atoms with Crippen LogP contribution in [0.4, 0.5) is 5.69 Å². The average molecular weight is 506 g/mol. The molecule has 8 heteroatoms. The summed E-state index contributed by atoms with van der Waals surface area (Å²) in [5.74, 6) is 0.491. The van der Waals surface area contributed by atoms with Gasteiger partial charge in [0, 0.05) is 19.2 Å². The van der Waals surface area contributed by atoms with Crippen molar-refractivity contribution in [3.63, 3.8) is 0 Å². The number of likely N-dealkylation sites (tertiary alicyclic amines) is 1. The maximum Gasteiger partial charge on any atom is 0.264 e. The monoisotopic (exact) mass is 505 g/mol. The van der Waals surface area contributed by atoms with Crippen LogP contribution in [0.3, 0.4) is 0 Å². The van der Waals surface area contributed by atoms with Gasteiger partial charge in [-0.1, -0.05) is 42.5 Å². The molecule has 0 saturated carbocycles. The number of rotatable bonds is 6. The van der Waals surface area contributed by atoms with Gasteiger partial charge in [-0.15, -0.1) is 0 Å². The second-order valence-corrected chi connectivity index (χ2v) is 11.4. The summed E-state index contributed by atoms with van der Waals surface area (Å²) in [6.45, 7) is 1.98. The van der Waals surface area contributed by atoms with Crippen LogP contribution in [0.2, 0.25) is 0 Å². The zero-order chi connectivity index (χ0) is 25.3. The van der Waals surface area contributed by atoms with Crippen LogP contribution in [0, 0.1) is 0 Å². The van der Waals surface area contributed by atoms with Crippen molar-refractivity contribution in [1.29, 1.82) is 0 Å². The van der Waals surface area contributed by atoms with E-state index in [0.29, 0.717) is 17.2 Å². The first-order valence-corrected chi connectivity index (χ1v) is 13.7. The molecule has 2 aliphatic rings. The lowest BCUT2D eigenvalue weighted by atomic mass is 9.97. The van der Waals surface area contributed by atoms with Gasteiger partial charge < -0.3 is 14.5 Å². The summed E-state index contributed by atoms with van der Waals surface area (Å²) in [6, 6.07) is 23.2. The van der Waals surface area contributed by atoms with Crippen molar-refractivity contribution in [3.8, 4) is 11.5 Å². The van der Waals surface area contributed by atoms with Crippen LogP contribution in [-0.4, -0.2) is 63.9 Å². The number of amides is 1. The molecule has 1 saturated heterocycles. The number of anilines is 1. The number of ether oxygens (including phenoxy) is 1. The molecule has 1 atom stereocenters. The summed E-state index contributed by atoms with van der Waals surface area (Å²) in [6.07, 6.45) is 1.84. The quantitative estimate of drug-likeness (QED) is 0.499. The Morgan fingerprint density at radius 1 is 0.917 bits per heavy atom. The smallest absolute Gasteiger partial charge is 0.264 e. The molecule has 0 bridgehead atoms. The first kappa shape index (κ1) is 24.3. The van der Waals surface area contributed by atoms with E-state index < -0.39 is 15.9 Å². The second-order valence-electron chi connectivity index (χ2n) is 9.52. The Balaban J connectivity index is 1.41. The topological polar surface area (TPSA) is 70.2 Å². The van der Waals surface area contributed by atoms with E-state index >= 15 is 0 Å². The molecular formula is C28H31N3O4S. The van der Waals surface area contributed by atoms with E-state index in [4.69, 9.17) is 4.74 Å². The molecule has 3 aromatic carbocycles. The third kappa shape index (κ3) is 4.70. The van der Waals surface area contributed by atoms with Gasteiger partial charge in [0.05, 0.1) is 23.0 Å². The van der Waals surface area contributed by atoms with Gasteiger partial charge in [0.25, 0.3) is 10.0 Å². The number of carbonyl (C=O) groups is 1. The average Bonchev–Trinajstić information content (AvgIpc) is 3.30. The molecule has 0 radical (unpaired) electrons. The lowest BCUT2D eigenvalue weighted by Crippen LogP contribution is -2.46. The molecule has 0 aliphatic carbocycles. The van der Waals surface area contributed by atoms with E-state index in [2.05, 4.69) is 11.9 Å². The van der Waals surface area contributed by atoms with Crippen molar-refractivity contribution >= 4 is 21.6 Å². The van der Waals surface area contributed by atoms with E-state index in [0.717, 1.165) is 31.5 Å². The Kier molecular flexibility index (Phi) is 6.73. The number of nitrogens with zero attached hydrogens (tertiary/aromatic N) is 3. The van der Waals surface area contributed by atoms with Gasteiger partial charge in [-0.25, -0.2) is 8.42 Å². The number of para-hydroxylation sites is 2. The van der Waals surface area contributed by atoms with Crippen LogP contribution in [-0.2, 0) is 14.8 Å².